The van der Waals surface area contributed by atoms with Crippen LogP contribution in [-0.4, -0.2) is 40.6 Å². The molecule has 28 heavy (non-hydrogen) atoms. The molecule has 0 unspecified atom stereocenters. The van der Waals surface area contributed by atoms with E-state index in [1.807, 2.05) is 30.3 Å². The number of fused-ring (bicyclic) bond motifs is 1. The summed E-state index contributed by atoms with van der Waals surface area (Å²) in [5.41, 5.74) is 1.79. The van der Waals surface area contributed by atoms with Gasteiger partial charge in [-0.05, 0) is 23.8 Å². The Morgan fingerprint density at radius 3 is 2.86 bits per heavy atom. The van der Waals surface area contributed by atoms with Crippen LogP contribution in [0.1, 0.15) is 22.2 Å². The minimum absolute atomic E-state index is 0.0321. The van der Waals surface area contributed by atoms with Crippen LogP contribution in [0.3, 0.4) is 0 Å². The summed E-state index contributed by atoms with van der Waals surface area (Å²) in [5.74, 6) is -1.00. The number of benzene rings is 2. The summed E-state index contributed by atoms with van der Waals surface area (Å²) in [5, 5.41) is 18.8. The van der Waals surface area contributed by atoms with Crippen LogP contribution in [0.15, 0.2) is 42.5 Å². The third kappa shape index (κ3) is 3.73. The van der Waals surface area contributed by atoms with E-state index in [0.717, 1.165) is 17.6 Å². The van der Waals surface area contributed by atoms with Crippen molar-refractivity contribution >= 4 is 40.1 Å². The molecule has 0 aliphatic carbocycles. The number of nitrogens with zero attached hydrogens (tertiary/aromatic N) is 2. The Hall–Kier alpha value is -2.12. The number of hydrogen-bond donors (Lipinski definition) is 2. The second kappa shape index (κ2) is 8.09. The van der Waals surface area contributed by atoms with E-state index in [1.54, 1.807) is 16.8 Å². The first-order valence-electron chi connectivity index (χ1n) is 9.00. The van der Waals surface area contributed by atoms with E-state index in [2.05, 4.69) is 10.4 Å². The number of halogens is 2. The van der Waals surface area contributed by atoms with Gasteiger partial charge in [0.05, 0.1) is 28.3 Å². The van der Waals surface area contributed by atoms with Gasteiger partial charge in [-0.15, -0.1) is 0 Å². The fourth-order valence-corrected chi connectivity index (χ4v) is 3.96. The van der Waals surface area contributed by atoms with Gasteiger partial charge in [0.2, 0.25) is 0 Å². The lowest BCUT2D eigenvalue weighted by atomic mass is 9.95. The van der Waals surface area contributed by atoms with Gasteiger partial charge in [-0.2, -0.15) is 5.10 Å². The molecule has 1 fully saturated rings. The molecule has 2 N–H and O–H groups in total. The monoisotopic (exact) mass is 419 g/mol. The molecule has 0 radical (unpaired) electrons. The lowest BCUT2D eigenvalue weighted by molar-refractivity contribution is 0.0246. The minimum Gasteiger partial charge on any atom is -0.476 e. The lowest BCUT2D eigenvalue weighted by Crippen LogP contribution is -2.28. The number of nitrogens with one attached hydrogen (secondary N) is 1. The third-order valence-electron chi connectivity index (χ3n) is 4.95. The molecule has 2 heterocycles. The highest BCUT2D eigenvalue weighted by Crippen LogP contribution is 2.33. The van der Waals surface area contributed by atoms with Crippen LogP contribution >= 0.6 is 23.2 Å². The summed E-state index contributed by atoms with van der Waals surface area (Å²) in [6.45, 7) is 2.53. The topological polar surface area (TPSA) is 76.4 Å². The highest BCUT2D eigenvalue weighted by atomic mass is 35.5. The van der Waals surface area contributed by atoms with Crippen molar-refractivity contribution in [2.45, 2.75) is 12.6 Å². The summed E-state index contributed by atoms with van der Waals surface area (Å²) < 4.78 is 7.87. The smallest absolute Gasteiger partial charge is 0.357 e. The van der Waals surface area contributed by atoms with Gasteiger partial charge in [0.1, 0.15) is 0 Å². The molecular weight excluding hydrogens is 401 g/mol. The van der Waals surface area contributed by atoms with E-state index in [9.17, 15) is 9.90 Å². The molecule has 1 saturated heterocycles. The van der Waals surface area contributed by atoms with Crippen LogP contribution in [-0.2, 0) is 11.3 Å². The predicted octanol–water partition coefficient (Wildman–Crippen LogP) is 4.02. The van der Waals surface area contributed by atoms with Crippen LogP contribution in [0.5, 0.6) is 0 Å². The van der Waals surface area contributed by atoms with Gasteiger partial charge in [0.25, 0.3) is 0 Å². The molecule has 0 bridgehead atoms. The fraction of sp³-hybridized carbons (Fsp3) is 0.300. The largest absolute Gasteiger partial charge is 0.476 e. The molecule has 2 aromatic carbocycles. The Morgan fingerprint density at radius 2 is 2.07 bits per heavy atom. The van der Waals surface area contributed by atoms with E-state index in [-0.39, 0.29) is 17.7 Å². The van der Waals surface area contributed by atoms with Crippen LogP contribution in [0.4, 0.5) is 0 Å². The van der Waals surface area contributed by atoms with Crippen molar-refractivity contribution in [3.05, 3.63) is 63.8 Å². The molecule has 8 heteroatoms. The maximum Gasteiger partial charge on any atom is 0.357 e. The number of aromatic carboxylic acids is 1. The van der Waals surface area contributed by atoms with E-state index in [4.69, 9.17) is 27.9 Å². The number of ether oxygens (including phenoxy) is 1. The number of carboxylic acids is 1. The molecule has 0 amide bonds. The zero-order valence-electron chi connectivity index (χ0n) is 14.9. The third-order valence-corrected chi connectivity index (χ3v) is 5.69. The second-order valence-electron chi connectivity index (χ2n) is 6.78. The highest BCUT2D eigenvalue weighted by molar-refractivity contribution is 6.42. The summed E-state index contributed by atoms with van der Waals surface area (Å²) in [6.07, 6.45) is -0.207. The van der Waals surface area contributed by atoms with E-state index in [0.29, 0.717) is 35.1 Å². The van der Waals surface area contributed by atoms with Crippen LogP contribution in [0.2, 0.25) is 10.0 Å². The summed E-state index contributed by atoms with van der Waals surface area (Å²) in [6, 6.07) is 12.9. The van der Waals surface area contributed by atoms with Crippen molar-refractivity contribution in [2.75, 3.05) is 19.7 Å². The van der Waals surface area contributed by atoms with Crippen molar-refractivity contribution < 1.29 is 14.6 Å². The molecule has 146 valence electrons. The number of aromatic nitrogens is 2. The molecular formula is C20H19Cl2N3O3. The number of hydrogen-bond acceptors (Lipinski definition) is 4. The van der Waals surface area contributed by atoms with Crippen LogP contribution in [0, 0.1) is 5.92 Å². The first kappa shape index (κ1) is 19.2. The number of carbonyl (C=O) groups is 1. The van der Waals surface area contributed by atoms with Gasteiger partial charge in [0.15, 0.2) is 5.69 Å². The molecule has 0 saturated carbocycles. The standard InChI is InChI=1S/C20H19Cl2N3O3/c21-15-6-5-12(9-16(15)22)19-13(10-23-7-8-28-19)11-25-17-4-2-1-3-14(17)18(24-25)20(26)27/h1-6,9,13,19,23H,7-8,10-11H2,(H,26,27)/t13-,19-/m0/s1. The molecule has 1 aliphatic heterocycles. The van der Waals surface area contributed by atoms with Crippen LogP contribution < -0.4 is 5.32 Å². The average Bonchev–Trinajstić information content (AvgIpc) is 2.89. The van der Waals surface area contributed by atoms with Crippen molar-refractivity contribution in [1.82, 2.24) is 15.1 Å². The van der Waals surface area contributed by atoms with Gasteiger partial charge in [-0.1, -0.05) is 47.5 Å². The van der Waals surface area contributed by atoms with Crippen molar-refractivity contribution in [3.63, 3.8) is 0 Å². The number of rotatable bonds is 4. The second-order valence-corrected chi connectivity index (χ2v) is 7.60. The Kier molecular flexibility index (Phi) is 5.55. The number of para-hydroxylation sites is 1. The van der Waals surface area contributed by atoms with Gasteiger partial charge in [-0.3, -0.25) is 4.68 Å². The number of carboxylic acid groups (broad SMARTS) is 1. The molecule has 3 aromatic rings. The van der Waals surface area contributed by atoms with Gasteiger partial charge in [0, 0.05) is 30.9 Å². The summed E-state index contributed by atoms with van der Waals surface area (Å²) in [4.78, 5) is 11.6. The lowest BCUT2D eigenvalue weighted by Gasteiger charge is -2.25. The van der Waals surface area contributed by atoms with E-state index >= 15 is 0 Å². The Bertz CT molecular complexity index is 1020. The molecule has 6 nitrogen and oxygen atoms in total. The Morgan fingerprint density at radius 1 is 1.25 bits per heavy atom. The van der Waals surface area contributed by atoms with Crippen LogP contribution in [0.25, 0.3) is 10.9 Å². The minimum atomic E-state index is -1.04. The molecule has 0 spiro atoms. The van der Waals surface area contributed by atoms with Crippen molar-refractivity contribution in [3.8, 4) is 0 Å². The van der Waals surface area contributed by atoms with Crippen molar-refractivity contribution in [2.24, 2.45) is 5.92 Å². The normalized spacial score (nSPS) is 20.2. The zero-order chi connectivity index (χ0) is 19.7. The summed E-state index contributed by atoms with van der Waals surface area (Å²) >= 11 is 12.3. The quantitative estimate of drug-likeness (QED) is 0.667. The SMILES string of the molecule is O=C(O)c1nn(C[C@@H]2CNCCO[C@H]2c2ccc(Cl)c(Cl)c2)c2ccccc12. The van der Waals surface area contributed by atoms with Gasteiger partial charge < -0.3 is 15.2 Å². The van der Waals surface area contributed by atoms with Gasteiger partial charge >= 0.3 is 5.97 Å². The first-order chi connectivity index (χ1) is 13.5. The van der Waals surface area contributed by atoms with E-state index in [1.165, 1.54) is 0 Å². The average molecular weight is 420 g/mol. The molecule has 1 aromatic heterocycles. The van der Waals surface area contributed by atoms with Crippen molar-refractivity contribution in [1.29, 1.82) is 0 Å². The maximum atomic E-state index is 11.6. The molecule has 4 rings (SSSR count). The van der Waals surface area contributed by atoms with Gasteiger partial charge in [-0.25, -0.2) is 4.79 Å². The van der Waals surface area contributed by atoms with E-state index < -0.39 is 5.97 Å². The zero-order valence-corrected chi connectivity index (χ0v) is 16.5. The Labute approximate surface area is 172 Å². The predicted molar refractivity (Wildman–Crippen MR) is 108 cm³/mol. The summed E-state index contributed by atoms with van der Waals surface area (Å²) in [7, 11) is 0. The first-order valence-corrected chi connectivity index (χ1v) is 9.76. The maximum absolute atomic E-state index is 11.6. The highest BCUT2D eigenvalue weighted by Gasteiger charge is 2.28. The fourth-order valence-electron chi connectivity index (χ4n) is 3.65. The molecule has 1 aliphatic rings. The molecule has 2 atom stereocenters. The Balaban J connectivity index is 1.71.